The van der Waals surface area contributed by atoms with Crippen LogP contribution in [-0.2, 0) is 0 Å². The molecule has 0 aliphatic heterocycles. The molecule has 0 aliphatic rings. The summed E-state index contributed by atoms with van der Waals surface area (Å²) in [5, 5.41) is 4.93. The molecule has 33 heavy (non-hydrogen) atoms. The van der Waals surface area contributed by atoms with Crippen molar-refractivity contribution in [3.8, 4) is 22.3 Å². The van der Waals surface area contributed by atoms with Crippen molar-refractivity contribution in [1.29, 1.82) is 0 Å². The molecule has 0 amide bonds. The minimum Gasteiger partial charge on any atom is -0.293 e. The van der Waals surface area contributed by atoms with Gasteiger partial charge in [-0.05, 0) is 40.3 Å². The van der Waals surface area contributed by atoms with Crippen LogP contribution in [0, 0.1) is 0 Å². The van der Waals surface area contributed by atoms with Gasteiger partial charge in [-0.25, -0.2) is 4.98 Å². The largest absolute Gasteiger partial charge is 0.293 e. The third kappa shape index (κ3) is 2.64. The third-order valence-electron chi connectivity index (χ3n) is 6.63. The first-order valence-corrected chi connectivity index (χ1v) is 11.2. The zero-order valence-corrected chi connectivity index (χ0v) is 17.9. The lowest BCUT2D eigenvalue weighted by Crippen LogP contribution is -1.92. The Morgan fingerprint density at radius 3 is 1.88 bits per heavy atom. The molecule has 0 saturated heterocycles. The second-order valence-electron chi connectivity index (χ2n) is 8.44. The first-order valence-electron chi connectivity index (χ1n) is 11.2. The first-order chi connectivity index (χ1) is 16.4. The average molecular weight is 421 g/mol. The summed E-state index contributed by atoms with van der Waals surface area (Å²) in [4.78, 5) is 4.84. The smallest absolute Gasteiger partial charge is 0.145 e. The molecule has 0 N–H and O–H groups in total. The molecule has 0 fully saturated rings. The Hall–Kier alpha value is -4.43. The van der Waals surface area contributed by atoms with Crippen LogP contribution in [0.5, 0.6) is 0 Å². The van der Waals surface area contributed by atoms with Crippen molar-refractivity contribution < 1.29 is 0 Å². The fraction of sp³-hybridized carbons (Fsp3) is 0. The van der Waals surface area contributed by atoms with Crippen molar-refractivity contribution in [2.75, 3.05) is 0 Å². The molecule has 0 spiro atoms. The van der Waals surface area contributed by atoms with Gasteiger partial charge in [-0.15, -0.1) is 0 Å². The summed E-state index contributed by atoms with van der Waals surface area (Å²) in [5.41, 5.74) is 8.29. The predicted molar refractivity (Wildman–Crippen MR) is 139 cm³/mol. The molecule has 7 aromatic rings. The standard InChI is InChI=1S/C31H20N2/c1-2-9-21(10-3-1)22-16-18-23(19-17-22)29-27-14-8-20-32-31(27)33-28-15-7-6-12-25(28)24-11-4-5-13-26(24)30(29)33/h1-20H. The number of pyridine rings is 2. The lowest BCUT2D eigenvalue weighted by molar-refractivity contribution is 1.26. The zero-order chi connectivity index (χ0) is 21.8. The molecule has 2 nitrogen and oxygen atoms in total. The highest BCUT2D eigenvalue weighted by atomic mass is 15.0. The van der Waals surface area contributed by atoms with Crippen LogP contribution in [0.25, 0.3) is 60.5 Å². The van der Waals surface area contributed by atoms with E-state index in [1.165, 1.54) is 54.8 Å². The molecule has 0 saturated carbocycles. The number of fused-ring (bicyclic) bond motifs is 8. The van der Waals surface area contributed by atoms with Crippen LogP contribution >= 0.6 is 0 Å². The number of aromatic nitrogens is 2. The Kier molecular flexibility index (Phi) is 3.88. The maximum atomic E-state index is 4.84. The molecule has 0 radical (unpaired) electrons. The maximum Gasteiger partial charge on any atom is 0.145 e. The number of nitrogens with zero attached hydrogens (tertiary/aromatic N) is 2. The van der Waals surface area contributed by atoms with E-state index in [9.17, 15) is 0 Å². The fourth-order valence-electron chi connectivity index (χ4n) is 5.18. The summed E-state index contributed by atoms with van der Waals surface area (Å²) in [6, 6.07) is 41.0. The van der Waals surface area contributed by atoms with Gasteiger partial charge in [0.15, 0.2) is 0 Å². The van der Waals surface area contributed by atoms with E-state index in [0.29, 0.717) is 0 Å². The predicted octanol–water partition coefficient (Wildman–Crippen LogP) is 8.13. The van der Waals surface area contributed by atoms with Crippen LogP contribution in [0.2, 0.25) is 0 Å². The van der Waals surface area contributed by atoms with Gasteiger partial charge >= 0.3 is 0 Å². The van der Waals surface area contributed by atoms with Gasteiger partial charge < -0.3 is 0 Å². The van der Waals surface area contributed by atoms with Crippen molar-refractivity contribution in [3.05, 3.63) is 121 Å². The minimum absolute atomic E-state index is 0.997. The SMILES string of the molecule is c1ccc(-c2ccc(-c3c4cccnc4n4c5ccccc5c5ccccc5c34)cc2)cc1. The molecule has 0 aliphatic carbocycles. The zero-order valence-electron chi connectivity index (χ0n) is 17.9. The van der Waals surface area contributed by atoms with Crippen molar-refractivity contribution in [2.24, 2.45) is 0 Å². The topological polar surface area (TPSA) is 17.3 Å². The average Bonchev–Trinajstić information content (AvgIpc) is 3.25. The van der Waals surface area contributed by atoms with E-state index in [0.717, 1.165) is 5.65 Å². The normalized spacial score (nSPS) is 11.6. The third-order valence-corrected chi connectivity index (χ3v) is 6.63. The molecular weight excluding hydrogens is 400 g/mol. The van der Waals surface area contributed by atoms with Gasteiger partial charge in [-0.1, -0.05) is 97.1 Å². The lowest BCUT2D eigenvalue weighted by atomic mass is 9.97. The van der Waals surface area contributed by atoms with Crippen molar-refractivity contribution in [2.45, 2.75) is 0 Å². The summed E-state index contributed by atoms with van der Waals surface area (Å²) in [6.07, 6.45) is 1.89. The van der Waals surface area contributed by atoms with Crippen molar-refractivity contribution in [3.63, 3.8) is 0 Å². The summed E-state index contributed by atoms with van der Waals surface area (Å²) >= 11 is 0. The van der Waals surface area contributed by atoms with Crippen LogP contribution in [0.15, 0.2) is 121 Å². The van der Waals surface area contributed by atoms with Gasteiger partial charge in [0.25, 0.3) is 0 Å². The van der Waals surface area contributed by atoms with E-state index in [1.807, 2.05) is 12.3 Å². The van der Waals surface area contributed by atoms with E-state index in [4.69, 9.17) is 4.98 Å². The molecule has 0 bridgehead atoms. The second-order valence-corrected chi connectivity index (χ2v) is 8.44. The molecular formula is C31H20N2. The Labute approximate surface area is 191 Å². The van der Waals surface area contributed by atoms with Gasteiger partial charge in [0.05, 0.1) is 11.0 Å². The molecule has 7 rings (SSSR count). The Bertz CT molecular complexity index is 1790. The van der Waals surface area contributed by atoms with E-state index in [2.05, 4.69) is 114 Å². The Morgan fingerprint density at radius 2 is 1.06 bits per heavy atom. The van der Waals surface area contributed by atoms with Crippen molar-refractivity contribution in [1.82, 2.24) is 9.38 Å². The number of rotatable bonds is 2. The maximum absolute atomic E-state index is 4.84. The highest BCUT2D eigenvalue weighted by Crippen LogP contribution is 2.41. The van der Waals surface area contributed by atoms with Crippen LogP contribution in [0.4, 0.5) is 0 Å². The van der Waals surface area contributed by atoms with E-state index >= 15 is 0 Å². The first kappa shape index (κ1) is 18.2. The second kappa shape index (κ2) is 7.04. The summed E-state index contributed by atoms with van der Waals surface area (Å²) in [6.45, 7) is 0. The quantitative estimate of drug-likeness (QED) is 0.258. The molecule has 2 heteroatoms. The molecule has 0 atom stereocenters. The van der Waals surface area contributed by atoms with Gasteiger partial charge in [0.1, 0.15) is 5.65 Å². The fourth-order valence-corrected chi connectivity index (χ4v) is 5.18. The highest BCUT2D eigenvalue weighted by Gasteiger charge is 2.19. The monoisotopic (exact) mass is 420 g/mol. The van der Waals surface area contributed by atoms with Gasteiger partial charge in [0.2, 0.25) is 0 Å². The molecule has 3 aromatic heterocycles. The molecule has 154 valence electrons. The minimum atomic E-state index is 0.997. The van der Waals surface area contributed by atoms with Crippen LogP contribution in [0.3, 0.4) is 0 Å². The lowest BCUT2D eigenvalue weighted by Gasteiger charge is -2.11. The summed E-state index contributed by atoms with van der Waals surface area (Å²) in [7, 11) is 0. The Balaban J connectivity index is 1.63. The van der Waals surface area contributed by atoms with Crippen LogP contribution in [-0.4, -0.2) is 9.38 Å². The summed E-state index contributed by atoms with van der Waals surface area (Å²) in [5.74, 6) is 0. The van der Waals surface area contributed by atoms with Gasteiger partial charge in [-0.3, -0.25) is 4.40 Å². The van der Waals surface area contributed by atoms with E-state index in [1.54, 1.807) is 0 Å². The number of hydrogen-bond donors (Lipinski definition) is 0. The summed E-state index contributed by atoms with van der Waals surface area (Å²) < 4.78 is 2.34. The number of benzene rings is 4. The van der Waals surface area contributed by atoms with Crippen LogP contribution < -0.4 is 0 Å². The highest BCUT2D eigenvalue weighted by molar-refractivity contribution is 6.21. The van der Waals surface area contributed by atoms with Crippen LogP contribution in [0.1, 0.15) is 0 Å². The number of para-hydroxylation sites is 1. The molecule has 4 aromatic carbocycles. The number of hydrogen-bond acceptors (Lipinski definition) is 1. The van der Waals surface area contributed by atoms with Crippen molar-refractivity contribution >= 4 is 38.2 Å². The Morgan fingerprint density at radius 1 is 0.455 bits per heavy atom. The van der Waals surface area contributed by atoms with E-state index in [-0.39, 0.29) is 0 Å². The van der Waals surface area contributed by atoms with Gasteiger partial charge in [-0.2, -0.15) is 0 Å². The molecule has 3 heterocycles. The molecule has 0 unspecified atom stereocenters. The van der Waals surface area contributed by atoms with E-state index < -0.39 is 0 Å². The van der Waals surface area contributed by atoms with Gasteiger partial charge in [0, 0.05) is 27.9 Å².